The molecule has 182 valence electrons. The summed E-state index contributed by atoms with van der Waals surface area (Å²) >= 11 is 0. The minimum absolute atomic E-state index is 0.00556. The molecule has 1 heterocycles. The molecular weight excluding hydrogens is 412 g/mol. The van der Waals surface area contributed by atoms with E-state index in [-0.39, 0.29) is 28.7 Å². The van der Waals surface area contributed by atoms with Gasteiger partial charge in [-0.1, -0.05) is 39.3 Å². The average Bonchev–Trinajstić information content (AvgIpc) is 3.16. The van der Waals surface area contributed by atoms with Crippen LogP contribution in [0, 0.1) is 46.3 Å². The lowest BCUT2D eigenvalue weighted by Crippen LogP contribution is -2.61. The topological polar surface area (TPSA) is 52.6 Å². The first kappa shape index (κ1) is 23.3. The molecule has 4 nitrogen and oxygen atoms in total. The molecule has 0 N–H and O–H groups in total. The molecular formula is C29H42O4. The maximum absolute atomic E-state index is 12.2. The third-order valence-electron chi connectivity index (χ3n) is 10.5. The van der Waals surface area contributed by atoms with Crippen LogP contribution in [-0.4, -0.2) is 24.1 Å². The van der Waals surface area contributed by atoms with E-state index in [0.29, 0.717) is 35.5 Å². The van der Waals surface area contributed by atoms with Crippen molar-refractivity contribution >= 4 is 11.8 Å². The van der Waals surface area contributed by atoms with Gasteiger partial charge in [-0.15, -0.1) is 0 Å². The number of carbonyl (C=O) groups excluding carboxylic acids is 2. The molecule has 3 saturated carbocycles. The number of hydrogen-bond acceptors (Lipinski definition) is 4. The molecule has 0 aromatic heterocycles. The lowest BCUT2D eigenvalue weighted by molar-refractivity contribution is -0.300. The van der Waals surface area contributed by atoms with Gasteiger partial charge in [0.2, 0.25) is 6.29 Å². The first-order valence-corrected chi connectivity index (χ1v) is 13.4. The molecule has 4 heteroatoms. The smallest absolute Gasteiger partial charge is 0.304 e. The van der Waals surface area contributed by atoms with Gasteiger partial charge in [0.15, 0.2) is 5.78 Å². The lowest BCUT2D eigenvalue weighted by Gasteiger charge is -2.61. The van der Waals surface area contributed by atoms with E-state index in [1.165, 1.54) is 25.3 Å². The number of ether oxygens (including phenoxy) is 2. The number of hydrogen-bond donors (Lipinski definition) is 0. The fraction of sp³-hybridized carbons (Fsp3) is 0.793. The van der Waals surface area contributed by atoms with E-state index in [1.54, 1.807) is 6.08 Å². The normalized spacial score (nSPS) is 46.2. The van der Waals surface area contributed by atoms with Crippen LogP contribution < -0.4 is 0 Å². The third-order valence-corrected chi connectivity index (χ3v) is 10.5. The van der Waals surface area contributed by atoms with Gasteiger partial charge in [-0.05, 0) is 99.0 Å². The van der Waals surface area contributed by atoms with Gasteiger partial charge in [0.1, 0.15) is 0 Å². The fourth-order valence-corrected chi connectivity index (χ4v) is 8.97. The highest BCUT2D eigenvalue weighted by atomic mass is 16.7. The van der Waals surface area contributed by atoms with Gasteiger partial charge in [0.05, 0.1) is 6.10 Å². The van der Waals surface area contributed by atoms with Crippen molar-refractivity contribution in [2.75, 3.05) is 0 Å². The Bertz CT molecular complexity index is 871. The van der Waals surface area contributed by atoms with Gasteiger partial charge < -0.3 is 9.47 Å². The van der Waals surface area contributed by atoms with Crippen LogP contribution in [0.25, 0.3) is 0 Å². The summed E-state index contributed by atoms with van der Waals surface area (Å²) in [6.45, 7) is 10.8. The first-order chi connectivity index (χ1) is 15.7. The van der Waals surface area contributed by atoms with Crippen LogP contribution in [0.15, 0.2) is 23.8 Å². The van der Waals surface area contributed by atoms with Crippen LogP contribution in [-0.2, 0) is 19.1 Å². The predicted molar refractivity (Wildman–Crippen MR) is 128 cm³/mol. The third kappa shape index (κ3) is 3.58. The summed E-state index contributed by atoms with van der Waals surface area (Å²) in [7, 11) is 0. The highest BCUT2D eigenvalue weighted by Crippen LogP contribution is 2.70. The van der Waals surface area contributed by atoms with Gasteiger partial charge in [-0.3, -0.25) is 9.59 Å². The molecule has 5 rings (SSSR count). The SMILES string of the molecule is CC(=O)O[C@H]1O[C@H](CCC(C)C)[C@@H](C)[C@H]2CC[C@H]3[C@@H]4CCC5=CC(=O)C=C[C@]5(C)[C@H]4CC[C@]123. The second-order valence-corrected chi connectivity index (χ2v) is 12.4. The summed E-state index contributed by atoms with van der Waals surface area (Å²) in [6, 6.07) is 0. The van der Waals surface area contributed by atoms with Gasteiger partial charge in [-0.2, -0.15) is 0 Å². The van der Waals surface area contributed by atoms with Crippen molar-refractivity contribution < 1.29 is 19.1 Å². The molecule has 5 aliphatic rings. The zero-order valence-electron chi connectivity index (χ0n) is 21.1. The molecule has 0 unspecified atom stereocenters. The Labute approximate surface area is 199 Å². The number of allylic oxidation sites excluding steroid dienone is 4. The van der Waals surface area contributed by atoms with E-state index in [0.717, 1.165) is 38.5 Å². The van der Waals surface area contributed by atoms with Gasteiger partial charge in [0, 0.05) is 17.8 Å². The minimum atomic E-state index is -0.407. The van der Waals surface area contributed by atoms with Crippen molar-refractivity contribution in [2.45, 2.75) is 98.4 Å². The van der Waals surface area contributed by atoms with Crippen molar-refractivity contribution in [3.63, 3.8) is 0 Å². The van der Waals surface area contributed by atoms with E-state index in [1.807, 2.05) is 6.08 Å². The summed E-state index contributed by atoms with van der Waals surface area (Å²) in [5, 5.41) is 0. The monoisotopic (exact) mass is 454 g/mol. The van der Waals surface area contributed by atoms with Crippen LogP contribution in [0.2, 0.25) is 0 Å². The van der Waals surface area contributed by atoms with E-state index in [4.69, 9.17) is 9.47 Å². The van der Waals surface area contributed by atoms with E-state index in [2.05, 4.69) is 33.8 Å². The summed E-state index contributed by atoms with van der Waals surface area (Å²) in [5.41, 5.74) is 1.28. The number of ketones is 1. The Kier molecular flexibility index (Phi) is 5.91. The standard InChI is InChI=1S/C29H42O4/c1-17(2)6-11-26-18(3)23-9-10-25-22-8-7-20-16-21(31)12-14-28(20,5)24(22)13-15-29(23,25)27(33-26)32-19(4)30/h12,14,16-18,22-27H,6-11,13,15H2,1-5H3/t18-,22+,23+,24-,25-,26+,27-,28-,29-/m0/s1. The van der Waals surface area contributed by atoms with Crippen molar-refractivity contribution in [1.29, 1.82) is 0 Å². The maximum atomic E-state index is 12.2. The summed E-state index contributed by atoms with van der Waals surface area (Å²) in [5.74, 6) is 3.33. The van der Waals surface area contributed by atoms with Crippen LogP contribution in [0.5, 0.6) is 0 Å². The Morgan fingerprint density at radius 3 is 2.67 bits per heavy atom. The van der Waals surface area contributed by atoms with Gasteiger partial charge in [0.25, 0.3) is 0 Å². The fourth-order valence-electron chi connectivity index (χ4n) is 8.97. The van der Waals surface area contributed by atoms with Gasteiger partial charge in [-0.25, -0.2) is 0 Å². The summed E-state index contributed by atoms with van der Waals surface area (Å²) in [6.07, 6.45) is 14.6. The Hall–Kier alpha value is -1.42. The van der Waals surface area contributed by atoms with E-state index in [9.17, 15) is 9.59 Å². The first-order valence-electron chi connectivity index (χ1n) is 13.4. The Morgan fingerprint density at radius 2 is 1.94 bits per heavy atom. The molecule has 33 heavy (non-hydrogen) atoms. The zero-order valence-corrected chi connectivity index (χ0v) is 21.1. The maximum Gasteiger partial charge on any atom is 0.304 e. The largest absolute Gasteiger partial charge is 0.435 e. The highest BCUT2D eigenvalue weighted by molar-refractivity contribution is 6.01. The Balaban J connectivity index is 1.47. The second kappa shape index (κ2) is 8.36. The average molecular weight is 455 g/mol. The number of fused-ring (bicyclic) bond motifs is 4. The lowest BCUT2D eigenvalue weighted by atomic mass is 9.46. The number of carbonyl (C=O) groups is 2. The number of rotatable bonds is 4. The highest BCUT2D eigenvalue weighted by Gasteiger charge is 2.67. The molecule has 4 aliphatic carbocycles. The second-order valence-electron chi connectivity index (χ2n) is 12.4. The van der Waals surface area contributed by atoms with Crippen LogP contribution in [0.3, 0.4) is 0 Å². The van der Waals surface area contributed by atoms with Crippen LogP contribution >= 0.6 is 0 Å². The Morgan fingerprint density at radius 1 is 1.18 bits per heavy atom. The van der Waals surface area contributed by atoms with E-state index >= 15 is 0 Å². The minimum Gasteiger partial charge on any atom is -0.435 e. The van der Waals surface area contributed by atoms with Gasteiger partial charge >= 0.3 is 5.97 Å². The molecule has 9 atom stereocenters. The number of esters is 1. The summed E-state index contributed by atoms with van der Waals surface area (Å²) in [4.78, 5) is 24.3. The van der Waals surface area contributed by atoms with Crippen molar-refractivity contribution in [3.8, 4) is 0 Å². The predicted octanol–water partition coefficient (Wildman–Crippen LogP) is 6.25. The zero-order chi connectivity index (χ0) is 23.5. The van der Waals surface area contributed by atoms with Crippen molar-refractivity contribution in [2.24, 2.45) is 46.3 Å². The molecule has 0 aromatic rings. The van der Waals surface area contributed by atoms with Crippen LogP contribution in [0.1, 0.15) is 86.0 Å². The molecule has 1 saturated heterocycles. The molecule has 1 spiro atoms. The molecule has 0 bridgehead atoms. The summed E-state index contributed by atoms with van der Waals surface area (Å²) < 4.78 is 12.8. The molecule has 1 aliphatic heterocycles. The molecule has 4 fully saturated rings. The van der Waals surface area contributed by atoms with Crippen molar-refractivity contribution in [1.82, 2.24) is 0 Å². The van der Waals surface area contributed by atoms with Crippen LogP contribution in [0.4, 0.5) is 0 Å². The molecule has 0 radical (unpaired) electrons. The quantitative estimate of drug-likeness (QED) is 0.471. The molecule has 0 amide bonds. The van der Waals surface area contributed by atoms with E-state index < -0.39 is 6.29 Å². The van der Waals surface area contributed by atoms with Crippen molar-refractivity contribution in [3.05, 3.63) is 23.8 Å². The molecule has 0 aromatic carbocycles.